The van der Waals surface area contributed by atoms with Crippen molar-refractivity contribution in [2.75, 3.05) is 20.6 Å². The van der Waals surface area contributed by atoms with Gasteiger partial charge >= 0.3 is 5.97 Å². The number of likely N-dealkylation sites (N-methyl/N-ethyl adjacent to an activating group) is 2. The molecule has 4 atom stereocenters. The number of aryl methyl sites for hydroxylation is 1. The third kappa shape index (κ3) is 14.0. The van der Waals surface area contributed by atoms with Gasteiger partial charge in [0.15, 0.2) is 0 Å². The molecule has 57 heavy (non-hydrogen) atoms. The van der Waals surface area contributed by atoms with E-state index < -0.39 is 64.3 Å². The molecule has 0 saturated heterocycles. The van der Waals surface area contributed by atoms with Crippen molar-refractivity contribution in [1.82, 2.24) is 25.8 Å². The number of nitrogens with zero attached hydrogens (tertiary/aromatic N) is 2. The molecule has 0 unspecified atom stereocenters. The maximum absolute atomic E-state index is 14.4. The smallest absolute Gasteiger partial charge is 0.329 e. The van der Waals surface area contributed by atoms with E-state index in [-0.39, 0.29) is 61.3 Å². The number of imide groups is 1. The zero-order chi connectivity index (χ0) is 43.6. The van der Waals surface area contributed by atoms with Crippen LogP contribution in [0.4, 0.5) is 0 Å². The SMILES string of the molecule is CN[C@H](C(=O)N[C@H](C(=O)N(C)[C@H](/C=C(\C)C(=O)N[C@H](CCC(=O)CCCN1C(=O)C=CC1=O)C(=O)OC(C)(C)C)C(C)C)C(C)(C)C)C(C)(C)c1cccc(C)c1. The molecule has 0 aliphatic carbocycles. The Kier molecular flexibility index (Phi) is 17.2. The van der Waals surface area contributed by atoms with E-state index in [2.05, 4.69) is 22.0 Å². The number of nitrogens with one attached hydrogen (secondary N) is 3. The summed E-state index contributed by atoms with van der Waals surface area (Å²) in [5.41, 5.74) is 0.151. The fourth-order valence-electron chi connectivity index (χ4n) is 6.75. The van der Waals surface area contributed by atoms with Crippen molar-refractivity contribution in [1.29, 1.82) is 0 Å². The summed E-state index contributed by atoms with van der Waals surface area (Å²) in [4.78, 5) is 94.3. The van der Waals surface area contributed by atoms with Gasteiger partial charge in [-0.25, -0.2) is 4.79 Å². The minimum absolute atomic E-state index is 0.0247. The third-order valence-electron chi connectivity index (χ3n) is 10.1. The highest BCUT2D eigenvalue weighted by Crippen LogP contribution is 2.30. The van der Waals surface area contributed by atoms with Crippen LogP contribution >= 0.6 is 0 Å². The molecule has 1 heterocycles. The number of ether oxygens (including phenoxy) is 1. The standard InChI is InChI=1S/C44H67N5O8/c1-27(2)33(48(14)40(55)37(42(5,6)7)47-39(54)36(45-13)44(11,12)30-18-15-17-28(3)25-30)26-29(4)38(53)46-32(41(56)57-43(8,9)10)21-20-31(50)19-16-24-49-34(51)22-23-35(49)52/h15,17-18,22-23,25-27,32-33,36-37,45H,16,19-21,24H2,1-14H3,(H,46,53)(H,47,54)/b29-26+/t32-,33-,36-,37-/m1/s1. The van der Waals surface area contributed by atoms with Crippen molar-refractivity contribution < 1.29 is 38.3 Å². The van der Waals surface area contributed by atoms with E-state index in [0.29, 0.717) is 0 Å². The fourth-order valence-corrected chi connectivity index (χ4v) is 6.75. The molecule has 2 rings (SSSR count). The molecule has 316 valence electrons. The second-order valence-electron chi connectivity index (χ2n) is 18.1. The molecule has 1 aliphatic rings. The summed E-state index contributed by atoms with van der Waals surface area (Å²) in [5.74, 6) is -3.10. The number of benzene rings is 1. The van der Waals surface area contributed by atoms with Crippen molar-refractivity contribution in [2.24, 2.45) is 11.3 Å². The lowest BCUT2D eigenvalue weighted by atomic mass is 9.76. The molecule has 13 nitrogen and oxygen atoms in total. The van der Waals surface area contributed by atoms with E-state index in [1.807, 2.05) is 73.6 Å². The van der Waals surface area contributed by atoms with Gasteiger partial charge in [-0.2, -0.15) is 0 Å². The van der Waals surface area contributed by atoms with Crippen LogP contribution in [-0.2, 0) is 43.7 Å². The second kappa shape index (κ2) is 20.2. The van der Waals surface area contributed by atoms with E-state index in [4.69, 9.17) is 4.74 Å². The molecule has 0 radical (unpaired) electrons. The first-order valence-corrected chi connectivity index (χ1v) is 19.8. The molecule has 0 spiro atoms. The zero-order valence-corrected chi connectivity index (χ0v) is 36.6. The number of hydrogen-bond donors (Lipinski definition) is 3. The maximum Gasteiger partial charge on any atom is 0.329 e. The average Bonchev–Trinajstić information content (AvgIpc) is 3.41. The minimum atomic E-state index is -1.14. The molecular weight excluding hydrogens is 727 g/mol. The van der Waals surface area contributed by atoms with Crippen molar-refractivity contribution in [3.8, 4) is 0 Å². The highest BCUT2D eigenvalue weighted by molar-refractivity contribution is 6.12. The van der Waals surface area contributed by atoms with Crippen LogP contribution in [0.1, 0.15) is 113 Å². The molecular formula is C44H67N5O8. The van der Waals surface area contributed by atoms with Gasteiger partial charge in [0, 0.05) is 49.6 Å². The Hall–Kier alpha value is -4.65. The van der Waals surface area contributed by atoms with Gasteiger partial charge < -0.3 is 25.6 Å². The summed E-state index contributed by atoms with van der Waals surface area (Å²) < 4.78 is 5.58. The van der Waals surface area contributed by atoms with Crippen molar-refractivity contribution in [3.05, 3.63) is 59.2 Å². The van der Waals surface area contributed by atoms with Gasteiger partial charge in [0.05, 0.1) is 12.1 Å². The van der Waals surface area contributed by atoms with E-state index in [0.717, 1.165) is 16.0 Å². The summed E-state index contributed by atoms with van der Waals surface area (Å²) >= 11 is 0. The number of carbonyl (C=O) groups excluding carboxylic acids is 7. The van der Waals surface area contributed by atoms with Gasteiger partial charge in [0.2, 0.25) is 17.7 Å². The highest BCUT2D eigenvalue weighted by Gasteiger charge is 2.42. The van der Waals surface area contributed by atoms with Gasteiger partial charge in [-0.1, -0.05) is 84.4 Å². The molecule has 3 N–H and O–H groups in total. The molecule has 1 aliphatic heterocycles. The van der Waals surface area contributed by atoms with Gasteiger partial charge in [0.25, 0.3) is 11.8 Å². The largest absolute Gasteiger partial charge is 0.458 e. The number of carbonyl (C=O) groups is 7. The number of hydrogen-bond acceptors (Lipinski definition) is 9. The van der Waals surface area contributed by atoms with Crippen LogP contribution in [0.5, 0.6) is 0 Å². The molecule has 0 aromatic heterocycles. The first kappa shape index (κ1) is 48.5. The second-order valence-corrected chi connectivity index (χ2v) is 18.1. The minimum Gasteiger partial charge on any atom is -0.458 e. The van der Waals surface area contributed by atoms with Crippen LogP contribution in [0.25, 0.3) is 0 Å². The number of amides is 5. The normalized spacial score (nSPS) is 15.9. The average molecular weight is 794 g/mol. The molecule has 5 amide bonds. The van der Waals surface area contributed by atoms with Crippen LogP contribution in [0.3, 0.4) is 0 Å². The van der Waals surface area contributed by atoms with Crippen LogP contribution in [0.15, 0.2) is 48.1 Å². The molecule has 13 heteroatoms. The van der Waals surface area contributed by atoms with Crippen LogP contribution < -0.4 is 16.0 Å². The van der Waals surface area contributed by atoms with E-state index in [9.17, 15) is 33.6 Å². The van der Waals surface area contributed by atoms with Gasteiger partial charge in [-0.15, -0.1) is 0 Å². The Morgan fingerprint density at radius 3 is 2.00 bits per heavy atom. The van der Waals surface area contributed by atoms with Crippen LogP contribution in [0.2, 0.25) is 0 Å². The Labute approximate surface area is 339 Å². The zero-order valence-electron chi connectivity index (χ0n) is 36.6. The highest BCUT2D eigenvalue weighted by atomic mass is 16.6. The Bertz CT molecular complexity index is 1700. The Morgan fingerprint density at radius 1 is 0.895 bits per heavy atom. The molecule has 0 bridgehead atoms. The van der Waals surface area contributed by atoms with Gasteiger partial charge in [-0.05, 0) is 71.4 Å². The Balaban J connectivity index is 2.26. The predicted molar refractivity (Wildman–Crippen MR) is 221 cm³/mol. The van der Waals surface area contributed by atoms with Crippen molar-refractivity contribution in [3.63, 3.8) is 0 Å². The first-order valence-electron chi connectivity index (χ1n) is 19.8. The molecule has 0 fully saturated rings. The third-order valence-corrected chi connectivity index (χ3v) is 10.1. The van der Waals surface area contributed by atoms with E-state index in [1.165, 1.54) is 12.2 Å². The maximum atomic E-state index is 14.4. The number of esters is 1. The fraction of sp³-hybridized carbons (Fsp3) is 0.614. The number of rotatable bonds is 19. The molecule has 1 aromatic rings. The summed E-state index contributed by atoms with van der Waals surface area (Å²) in [7, 11) is 3.37. The number of ketones is 1. The summed E-state index contributed by atoms with van der Waals surface area (Å²) in [6.45, 7) is 22.3. The molecule has 0 saturated carbocycles. The van der Waals surface area contributed by atoms with Crippen molar-refractivity contribution in [2.45, 2.75) is 144 Å². The lowest BCUT2D eigenvalue weighted by Crippen LogP contribution is -2.61. The van der Waals surface area contributed by atoms with Gasteiger partial charge in [0.1, 0.15) is 23.5 Å². The Morgan fingerprint density at radius 2 is 1.49 bits per heavy atom. The van der Waals surface area contributed by atoms with E-state index in [1.54, 1.807) is 52.8 Å². The van der Waals surface area contributed by atoms with E-state index >= 15 is 0 Å². The van der Waals surface area contributed by atoms with Crippen molar-refractivity contribution >= 4 is 41.3 Å². The topological polar surface area (TPSA) is 171 Å². The summed E-state index contributed by atoms with van der Waals surface area (Å²) in [6, 6.07) is 4.72. The summed E-state index contributed by atoms with van der Waals surface area (Å²) in [6.07, 6.45) is 4.32. The lowest BCUT2D eigenvalue weighted by molar-refractivity contribution is -0.158. The monoisotopic (exact) mass is 793 g/mol. The first-order chi connectivity index (χ1) is 26.2. The summed E-state index contributed by atoms with van der Waals surface area (Å²) in [5, 5.41) is 8.96. The predicted octanol–water partition coefficient (Wildman–Crippen LogP) is 4.70. The van der Waals surface area contributed by atoms with Gasteiger partial charge in [-0.3, -0.25) is 33.7 Å². The van der Waals surface area contributed by atoms with Crippen LogP contribution in [-0.4, -0.2) is 101 Å². The molecule has 1 aromatic carbocycles. The quantitative estimate of drug-likeness (QED) is 0.102. The lowest BCUT2D eigenvalue weighted by Gasteiger charge is -2.40. The number of Topliss-reactive ketones (excluding diaryl/α,β-unsaturated/α-hetero) is 1. The van der Waals surface area contributed by atoms with Crippen LogP contribution in [0, 0.1) is 18.3 Å².